The summed E-state index contributed by atoms with van der Waals surface area (Å²) < 4.78 is 4.99. The van der Waals surface area contributed by atoms with Crippen molar-refractivity contribution in [2.75, 3.05) is 25.6 Å². The first kappa shape index (κ1) is 17.6. The van der Waals surface area contributed by atoms with Gasteiger partial charge in [0.2, 0.25) is 5.91 Å². The number of allylic oxidation sites excluding steroid dienone is 2. The van der Waals surface area contributed by atoms with Crippen molar-refractivity contribution in [1.82, 2.24) is 10.3 Å². The molecule has 1 rings (SSSR count). The van der Waals surface area contributed by atoms with Crippen molar-refractivity contribution in [1.29, 1.82) is 0 Å². The van der Waals surface area contributed by atoms with Crippen molar-refractivity contribution in [2.45, 2.75) is 6.42 Å². The van der Waals surface area contributed by atoms with Gasteiger partial charge in [-0.2, -0.15) is 0 Å². The van der Waals surface area contributed by atoms with Gasteiger partial charge in [0, 0.05) is 24.7 Å². The number of ether oxygens (including phenoxy) is 1. The molecule has 1 N–H and O–H groups in total. The Hall–Kier alpha value is -2.48. The summed E-state index contributed by atoms with van der Waals surface area (Å²) in [5.41, 5.74) is 0.624. The zero-order valence-electron chi connectivity index (χ0n) is 12.3. The van der Waals surface area contributed by atoms with E-state index in [1.165, 1.54) is 24.5 Å². The quantitative estimate of drug-likeness (QED) is 0.311. The SMILES string of the molecule is COC(/C=C\N(C)c1nc(CC(=O)NCC=O)cs1)=C/C=O. The van der Waals surface area contributed by atoms with Crippen LogP contribution in [0.2, 0.25) is 0 Å². The number of nitrogens with one attached hydrogen (secondary N) is 1. The minimum absolute atomic E-state index is 0.00132. The minimum atomic E-state index is -0.252. The molecule has 0 saturated carbocycles. The fraction of sp³-hybridized carbons (Fsp3) is 0.286. The Morgan fingerprint density at radius 1 is 1.50 bits per heavy atom. The first-order chi connectivity index (χ1) is 10.6. The van der Waals surface area contributed by atoms with E-state index in [0.29, 0.717) is 29.2 Å². The first-order valence-corrected chi connectivity index (χ1v) is 7.24. The highest BCUT2D eigenvalue weighted by atomic mass is 32.1. The molecule has 1 heterocycles. The molecule has 0 bridgehead atoms. The third-order valence-electron chi connectivity index (χ3n) is 2.50. The van der Waals surface area contributed by atoms with E-state index < -0.39 is 0 Å². The van der Waals surface area contributed by atoms with Gasteiger partial charge >= 0.3 is 0 Å². The molecule has 0 fully saturated rings. The van der Waals surface area contributed by atoms with E-state index in [2.05, 4.69) is 10.3 Å². The van der Waals surface area contributed by atoms with Crippen LogP contribution in [0.3, 0.4) is 0 Å². The molecule has 0 aromatic carbocycles. The average Bonchev–Trinajstić information content (AvgIpc) is 2.97. The number of nitrogens with zero attached hydrogens (tertiary/aromatic N) is 2. The third-order valence-corrected chi connectivity index (χ3v) is 3.48. The maximum absolute atomic E-state index is 11.5. The van der Waals surface area contributed by atoms with Crippen LogP contribution in [0.5, 0.6) is 0 Å². The number of hydrogen-bond acceptors (Lipinski definition) is 7. The van der Waals surface area contributed by atoms with Gasteiger partial charge in [-0.1, -0.05) is 0 Å². The molecule has 0 aliphatic heterocycles. The lowest BCUT2D eigenvalue weighted by Gasteiger charge is -2.09. The Bertz CT molecular complexity index is 580. The van der Waals surface area contributed by atoms with Gasteiger partial charge in [0.25, 0.3) is 0 Å². The standard InChI is InChI=1S/C14H17N3O4S/c1-17(6-3-12(21-2)4-7-18)14-16-11(10-22-14)9-13(20)15-5-8-19/h3-4,6-8,10H,5,9H2,1-2H3,(H,15,20)/b6-3-,12-4+. The second kappa shape index (κ2) is 9.46. The molecule has 1 aromatic heterocycles. The molecule has 1 amide bonds. The normalized spacial score (nSPS) is 11.3. The second-order valence-electron chi connectivity index (χ2n) is 4.10. The summed E-state index contributed by atoms with van der Waals surface area (Å²) in [6.45, 7) is 0.00132. The summed E-state index contributed by atoms with van der Waals surface area (Å²) >= 11 is 1.38. The van der Waals surface area contributed by atoms with Gasteiger partial charge < -0.3 is 19.7 Å². The van der Waals surface area contributed by atoms with Crippen LogP contribution < -0.4 is 10.2 Å². The maximum atomic E-state index is 11.5. The van der Waals surface area contributed by atoms with E-state index in [-0.39, 0.29) is 18.9 Å². The smallest absolute Gasteiger partial charge is 0.226 e. The molecule has 7 nitrogen and oxygen atoms in total. The van der Waals surface area contributed by atoms with E-state index >= 15 is 0 Å². The van der Waals surface area contributed by atoms with E-state index in [9.17, 15) is 14.4 Å². The molecular formula is C14H17N3O4S. The van der Waals surface area contributed by atoms with Gasteiger partial charge in [0.1, 0.15) is 18.3 Å². The summed E-state index contributed by atoms with van der Waals surface area (Å²) in [6, 6.07) is 0. The minimum Gasteiger partial charge on any atom is -0.497 e. The summed E-state index contributed by atoms with van der Waals surface area (Å²) in [6.07, 6.45) is 6.03. The molecule has 0 aliphatic rings. The van der Waals surface area contributed by atoms with E-state index in [4.69, 9.17) is 4.74 Å². The summed E-state index contributed by atoms with van der Waals surface area (Å²) in [5.74, 6) is 0.171. The lowest BCUT2D eigenvalue weighted by molar-refractivity contribution is -0.121. The largest absolute Gasteiger partial charge is 0.497 e. The number of carbonyl (C=O) groups excluding carboxylic acids is 3. The molecule has 118 valence electrons. The van der Waals surface area contributed by atoms with Crippen molar-refractivity contribution in [3.63, 3.8) is 0 Å². The number of thiazole rings is 1. The van der Waals surface area contributed by atoms with Crippen molar-refractivity contribution >= 4 is 34.9 Å². The predicted octanol–water partition coefficient (Wildman–Crippen LogP) is 0.680. The Kier molecular flexibility index (Phi) is 7.55. The molecule has 0 radical (unpaired) electrons. The summed E-state index contributed by atoms with van der Waals surface area (Å²) in [7, 11) is 3.26. The molecule has 8 heteroatoms. The lowest BCUT2D eigenvalue weighted by atomic mass is 10.3. The first-order valence-electron chi connectivity index (χ1n) is 6.36. The molecule has 0 aliphatic carbocycles. The number of hydrogen-bond donors (Lipinski definition) is 1. The Labute approximate surface area is 132 Å². The van der Waals surface area contributed by atoms with Crippen LogP contribution in [-0.4, -0.2) is 44.2 Å². The van der Waals surface area contributed by atoms with Crippen LogP contribution in [0, 0.1) is 0 Å². The van der Waals surface area contributed by atoms with Crippen LogP contribution in [0.25, 0.3) is 0 Å². The van der Waals surface area contributed by atoms with Crippen LogP contribution in [0.1, 0.15) is 5.69 Å². The molecular weight excluding hydrogens is 306 g/mol. The van der Waals surface area contributed by atoms with Gasteiger partial charge in [-0.3, -0.25) is 9.59 Å². The van der Waals surface area contributed by atoms with E-state index in [1.54, 1.807) is 29.6 Å². The third kappa shape index (κ3) is 5.88. The van der Waals surface area contributed by atoms with Gasteiger partial charge in [0.15, 0.2) is 5.13 Å². The highest BCUT2D eigenvalue weighted by Gasteiger charge is 2.09. The van der Waals surface area contributed by atoms with Crippen molar-refractivity contribution in [3.05, 3.63) is 35.2 Å². The van der Waals surface area contributed by atoms with Crippen LogP contribution in [0.15, 0.2) is 29.5 Å². The van der Waals surface area contributed by atoms with Gasteiger partial charge in [-0.05, 0) is 6.08 Å². The molecule has 0 saturated heterocycles. The van der Waals surface area contributed by atoms with Crippen LogP contribution in [0.4, 0.5) is 5.13 Å². The van der Waals surface area contributed by atoms with Crippen molar-refractivity contribution < 1.29 is 19.1 Å². The fourth-order valence-electron chi connectivity index (χ4n) is 1.43. The molecule has 1 aromatic rings. The predicted molar refractivity (Wildman–Crippen MR) is 83.6 cm³/mol. The van der Waals surface area contributed by atoms with Crippen molar-refractivity contribution in [3.8, 4) is 0 Å². The Morgan fingerprint density at radius 3 is 2.91 bits per heavy atom. The number of aldehydes is 2. The van der Waals surface area contributed by atoms with Crippen molar-refractivity contribution in [2.24, 2.45) is 0 Å². The zero-order valence-corrected chi connectivity index (χ0v) is 13.1. The maximum Gasteiger partial charge on any atom is 0.226 e. The van der Waals surface area contributed by atoms with Crippen LogP contribution in [-0.2, 0) is 25.5 Å². The van der Waals surface area contributed by atoms with E-state index in [0.717, 1.165) is 0 Å². The highest BCUT2D eigenvalue weighted by Crippen LogP contribution is 2.20. The second-order valence-corrected chi connectivity index (χ2v) is 4.94. The van der Waals surface area contributed by atoms with Crippen LogP contribution >= 0.6 is 11.3 Å². The number of carbonyl (C=O) groups is 3. The molecule has 0 unspecified atom stereocenters. The Morgan fingerprint density at radius 2 is 2.27 bits per heavy atom. The number of rotatable bonds is 9. The number of anilines is 1. The molecule has 0 atom stereocenters. The zero-order chi connectivity index (χ0) is 16.4. The number of methoxy groups -OCH3 is 1. The molecule has 22 heavy (non-hydrogen) atoms. The number of amides is 1. The fourth-order valence-corrected chi connectivity index (χ4v) is 2.20. The Balaban J connectivity index is 2.64. The average molecular weight is 323 g/mol. The summed E-state index contributed by atoms with van der Waals surface area (Å²) in [5, 5.41) is 4.92. The highest BCUT2D eigenvalue weighted by molar-refractivity contribution is 7.13. The monoisotopic (exact) mass is 323 g/mol. The lowest BCUT2D eigenvalue weighted by Crippen LogP contribution is -2.26. The van der Waals surface area contributed by atoms with Gasteiger partial charge in [0.05, 0.1) is 25.8 Å². The molecule has 0 spiro atoms. The number of aromatic nitrogens is 1. The van der Waals surface area contributed by atoms with E-state index in [1.807, 2.05) is 0 Å². The summed E-state index contributed by atoms with van der Waals surface area (Å²) in [4.78, 5) is 38.1. The van der Waals surface area contributed by atoms with Gasteiger partial charge in [-0.15, -0.1) is 11.3 Å². The van der Waals surface area contributed by atoms with Gasteiger partial charge in [-0.25, -0.2) is 4.98 Å². The topological polar surface area (TPSA) is 88.6 Å².